The molecule has 0 saturated heterocycles. The first-order chi connectivity index (χ1) is 6.56. The Balaban J connectivity index is 3.06. The summed E-state index contributed by atoms with van der Waals surface area (Å²) in [5, 5.41) is 16.3. The summed E-state index contributed by atoms with van der Waals surface area (Å²) in [5.41, 5.74) is 0.801. The predicted molar refractivity (Wildman–Crippen MR) is 51.2 cm³/mol. The third-order valence-corrected chi connectivity index (χ3v) is 1.94. The van der Waals surface area contributed by atoms with Crippen molar-refractivity contribution in [1.82, 2.24) is 15.0 Å². The number of carboxylic acid groups (broad SMARTS) is 1. The highest BCUT2D eigenvalue weighted by Crippen LogP contribution is 2.11. The second-order valence-electron chi connectivity index (χ2n) is 3.60. The molecule has 0 aliphatic heterocycles. The van der Waals surface area contributed by atoms with E-state index in [0.717, 1.165) is 5.69 Å². The van der Waals surface area contributed by atoms with Gasteiger partial charge in [0, 0.05) is 6.54 Å². The van der Waals surface area contributed by atoms with Gasteiger partial charge in [0.05, 0.1) is 5.69 Å². The summed E-state index contributed by atoms with van der Waals surface area (Å²) in [4.78, 5) is 10.8. The molecule has 0 spiro atoms. The minimum absolute atomic E-state index is 0.0838. The van der Waals surface area contributed by atoms with Gasteiger partial charge in [-0.25, -0.2) is 9.48 Å². The molecule has 14 heavy (non-hydrogen) atoms. The molecule has 1 aromatic rings. The molecule has 1 aromatic heterocycles. The van der Waals surface area contributed by atoms with E-state index in [2.05, 4.69) is 10.3 Å². The normalized spacial score (nSPS) is 10.9. The summed E-state index contributed by atoms with van der Waals surface area (Å²) in [6, 6.07) is 0. The Hall–Kier alpha value is -1.39. The third-order valence-electron chi connectivity index (χ3n) is 1.94. The van der Waals surface area contributed by atoms with Crippen LogP contribution in [0.1, 0.15) is 37.0 Å². The molecule has 0 saturated carbocycles. The molecular formula is C9H15N3O2. The van der Waals surface area contributed by atoms with E-state index in [1.54, 1.807) is 4.68 Å². The maximum Gasteiger partial charge on any atom is 0.358 e. The van der Waals surface area contributed by atoms with Crippen LogP contribution in [0, 0.1) is 5.92 Å². The summed E-state index contributed by atoms with van der Waals surface area (Å²) in [5.74, 6) is -0.600. The highest BCUT2D eigenvalue weighted by molar-refractivity contribution is 5.86. The highest BCUT2D eigenvalue weighted by Gasteiger charge is 2.18. The van der Waals surface area contributed by atoms with Gasteiger partial charge in [-0.3, -0.25) is 0 Å². The van der Waals surface area contributed by atoms with Crippen LogP contribution in [-0.2, 0) is 13.0 Å². The maximum absolute atomic E-state index is 10.8. The predicted octanol–water partition coefficient (Wildman–Crippen LogP) is 1.19. The van der Waals surface area contributed by atoms with Crippen molar-refractivity contribution < 1.29 is 9.90 Å². The lowest BCUT2D eigenvalue weighted by atomic mass is 10.1. The first-order valence-electron chi connectivity index (χ1n) is 4.71. The summed E-state index contributed by atoms with van der Waals surface area (Å²) < 4.78 is 1.64. The molecule has 0 atom stereocenters. The van der Waals surface area contributed by atoms with E-state index in [0.29, 0.717) is 18.9 Å². The van der Waals surface area contributed by atoms with E-state index in [9.17, 15) is 4.79 Å². The molecule has 0 fully saturated rings. The van der Waals surface area contributed by atoms with Crippen molar-refractivity contribution >= 4 is 5.97 Å². The second kappa shape index (κ2) is 4.21. The number of rotatable bonds is 4. The Morgan fingerprint density at radius 3 is 2.64 bits per heavy atom. The maximum atomic E-state index is 10.8. The van der Waals surface area contributed by atoms with Crippen molar-refractivity contribution in [3.63, 3.8) is 0 Å². The molecule has 0 radical (unpaired) electrons. The second-order valence-corrected chi connectivity index (χ2v) is 3.60. The lowest BCUT2D eigenvalue weighted by Gasteiger charge is -2.06. The molecule has 0 amide bonds. The van der Waals surface area contributed by atoms with Gasteiger partial charge >= 0.3 is 5.97 Å². The van der Waals surface area contributed by atoms with Crippen molar-refractivity contribution in [3.8, 4) is 0 Å². The summed E-state index contributed by atoms with van der Waals surface area (Å²) in [6.45, 7) is 6.66. The highest BCUT2D eigenvalue weighted by atomic mass is 16.4. The molecule has 1 heterocycles. The van der Waals surface area contributed by atoms with Gasteiger partial charge in [-0.1, -0.05) is 19.1 Å². The van der Waals surface area contributed by atoms with Crippen LogP contribution in [0.5, 0.6) is 0 Å². The molecule has 5 heteroatoms. The van der Waals surface area contributed by atoms with Crippen LogP contribution in [-0.4, -0.2) is 26.1 Å². The summed E-state index contributed by atoms with van der Waals surface area (Å²) in [6.07, 6.45) is 0.697. The van der Waals surface area contributed by atoms with Gasteiger partial charge < -0.3 is 5.11 Å². The first-order valence-corrected chi connectivity index (χ1v) is 4.71. The SMILES string of the molecule is CCn1nnc(C(=O)O)c1CC(C)C. The van der Waals surface area contributed by atoms with Crippen molar-refractivity contribution in [1.29, 1.82) is 0 Å². The quantitative estimate of drug-likeness (QED) is 0.787. The molecule has 5 nitrogen and oxygen atoms in total. The van der Waals surface area contributed by atoms with Crippen molar-refractivity contribution in [2.75, 3.05) is 0 Å². The fourth-order valence-corrected chi connectivity index (χ4v) is 1.34. The largest absolute Gasteiger partial charge is 0.476 e. The number of carboxylic acids is 1. The fourth-order valence-electron chi connectivity index (χ4n) is 1.34. The number of aryl methyl sites for hydroxylation is 1. The first kappa shape index (κ1) is 10.7. The van der Waals surface area contributed by atoms with E-state index in [1.807, 2.05) is 20.8 Å². The standard InChI is InChI=1S/C9H15N3O2/c1-4-12-7(5-6(2)3)8(9(13)14)10-11-12/h6H,4-5H2,1-3H3,(H,13,14). The van der Waals surface area contributed by atoms with E-state index >= 15 is 0 Å². The third kappa shape index (κ3) is 2.10. The molecule has 0 bridgehead atoms. The van der Waals surface area contributed by atoms with Gasteiger partial charge in [-0.15, -0.1) is 5.10 Å². The van der Waals surface area contributed by atoms with Gasteiger partial charge in [0.1, 0.15) is 0 Å². The lowest BCUT2D eigenvalue weighted by molar-refractivity contribution is 0.0689. The zero-order valence-electron chi connectivity index (χ0n) is 8.69. The Bertz CT molecular complexity index is 331. The Morgan fingerprint density at radius 1 is 1.57 bits per heavy atom. The zero-order valence-corrected chi connectivity index (χ0v) is 8.69. The zero-order chi connectivity index (χ0) is 10.7. The number of hydrogen-bond donors (Lipinski definition) is 1. The Labute approximate surface area is 82.7 Å². The summed E-state index contributed by atoms with van der Waals surface area (Å²) in [7, 11) is 0. The Morgan fingerprint density at radius 2 is 2.21 bits per heavy atom. The molecule has 78 valence electrons. The molecule has 0 aliphatic carbocycles. The summed E-state index contributed by atoms with van der Waals surface area (Å²) >= 11 is 0. The van der Waals surface area contributed by atoms with Gasteiger partial charge in [0.15, 0.2) is 5.69 Å². The molecule has 1 N–H and O–H groups in total. The van der Waals surface area contributed by atoms with Crippen LogP contribution >= 0.6 is 0 Å². The minimum atomic E-state index is -1.000. The van der Waals surface area contributed by atoms with Crippen molar-refractivity contribution in [3.05, 3.63) is 11.4 Å². The molecule has 1 rings (SSSR count). The molecular weight excluding hydrogens is 182 g/mol. The van der Waals surface area contributed by atoms with Gasteiger partial charge in [-0.05, 0) is 19.3 Å². The average Bonchev–Trinajstić information content (AvgIpc) is 2.46. The van der Waals surface area contributed by atoms with Crippen molar-refractivity contribution in [2.24, 2.45) is 5.92 Å². The molecule has 0 aliphatic rings. The van der Waals surface area contributed by atoms with Crippen LogP contribution < -0.4 is 0 Å². The fraction of sp³-hybridized carbons (Fsp3) is 0.667. The number of aromatic carboxylic acids is 1. The van der Waals surface area contributed by atoms with Crippen LogP contribution in [0.25, 0.3) is 0 Å². The van der Waals surface area contributed by atoms with Gasteiger partial charge in [-0.2, -0.15) is 0 Å². The number of carbonyl (C=O) groups is 1. The van der Waals surface area contributed by atoms with Gasteiger partial charge in [0.25, 0.3) is 0 Å². The van der Waals surface area contributed by atoms with Crippen LogP contribution in [0.4, 0.5) is 0 Å². The number of nitrogens with zero attached hydrogens (tertiary/aromatic N) is 3. The van der Waals surface area contributed by atoms with Crippen molar-refractivity contribution in [2.45, 2.75) is 33.7 Å². The molecule has 0 aromatic carbocycles. The van der Waals surface area contributed by atoms with E-state index < -0.39 is 5.97 Å². The monoisotopic (exact) mass is 197 g/mol. The van der Waals surface area contributed by atoms with E-state index in [1.165, 1.54) is 0 Å². The number of hydrogen-bond acceptors (Lipinski definition) is 3. The average molecular weight is 197 g/mol. The Kier molecular flexibility index (Phi) is 3.22. The van der Waals surface area contributed by atoms with Crippen LogP contribution in [0.3, 0.4) is 0 Å². The van der Waals surface area contributed by atoms with E-state index in [4.69, 9.17) is 5.11 Å². The minimum Gasteiger partial charge on any atom is -0.476 e. The van der Waals surface area contributed by atoms with Crippen LogP contribution in [0.2, 0.25) is 0 Å². The smallest absolute Gasteiger partial charge is 0.358 e. The molecule has 0 unspecified atom stereocenters. The topological polar surface area (TPSA) is 68.0 Å². The van der Waals surface area contributed by atoms with Gasteiger partial charge in [0.2, 0.25) is 0 Å². The van der Waals surface area contributed by atoms with E-state index in [-0.39, 0.29) is 5.69 Å². The number of aromatic nitrogens is 3. The van der Waals surface area contributed by atoms with Crippen LogP contribution in [0.15, 0.2) is 0 Å². The lowest BCUT2D eigenvalue weighted by Crippen LogP contribution is -2.10.